The summed E-state index contributed by atoms with van der Waals surface area (Å²) in [6, 6.07) is 5.40. The molecule has 0 saturated carbocycles. The van der Waals surface area contributed by atoms with Gasteiger partial charge in [0.15, 0.2) is 11.5 Å². The van der Waals surface area contributed by atoms with Crippen LogP contribution in [-0.4, -0.2) is 62.0 Å². The summed E-state index contributed by atoms with van der Waals surface area (Å²) < 4.78 is 7.51. The second kappa shape index (κ2) is 11.0. The van der Waals surface area contributed by atoms with Crippen LogP contribution < -0.4 is 16.0 Å². The minimum absolute atomic E-state index is 0.0184. The van der Waals surface area contributed by atoms with Gasteiger partial charge < -0.3 is 25.5 Å². The molecule has 10 heteroatoms. The quantitative estimate of drug-likeness (QED) is 0.315. The maximum atomic E-state index is 12.9. The van der Waals surface area contributed by atoms with Gasteiger partial charge in [0.2, 0.25) is 0 Å². The second-order valence-electron chi connectivity index (χ2n) is 7.73. The standard InChI is InChI=1S/C23H33N7O3/c1-5-8-17-19-20(29(4)28-17)22(32)27-21(26-19)16-14-15(9-10-18(16)33-13-6-2)25-23(24)30(7-3)11-12-31/h9-10,14,31H,5-8,11-13H2,1-4H3,(H2,24,25)(H,26,27,32). The smallest absolute Gasteiger partial charge is 0.277 e. The zero-order valence-corrected chi connectivity index (χ0v) is 19.8. The molecule has 0 bridgehead atoms. The topological polar surface area (TPSA) is 135 Å². The Balaban J connectivity index is 2.15. The number of rotatable bonds is 10. The number of nitrogens with one attached hydrogen (secondary N) is 1. The Bertz CT molecular complexity index is 1180. The lowest BCUT2D eigenvalue weighted by Gasteiger charge is -2.20. The Kier molecular flexibility index (Phi) is 8.05. The van der Waals surface area contributed by atoms with Crippen LogP contribution in [0.4, 0.5) is 5.69 Å². The Morgan fingerprint density at radius 1 is 1.30 bits per heavy atom. The molecule has 0 atom stereocenters. The fourth-order valence-electron chi connectivity index (χ4n) is 3.65. The number of likely N-dealkylation sites (N-methyl/N-ethyl adjacent to an activating group) is 1. The molecule has 2 heterocycles. The molecule has 0 saturated heterocycles. The molecule has 3 aromatic rings. The van der Waals surface area contributed by atoms with E-state index in [2.05, 4.69) is 22.0 Å². The zero-order valence-electron chi connectivity index (χ0n) is 19.8. The summed E-state index contributed by atoms with van der Waals surface area (Å²) in [6.45, 7) is 7.55. The normalized spacial score (nSPS) is 11.8. The number of nitrogens with zero attached hydrogens (tertiary/aromatic N) is 5. The number of fused-ring (bicyclic) bond motifs is 1. The Morgan fingerprint density at radius 2 is 2.09 bits per heavy atom. The summed E-state index contributed by atoms with van der Waals surface area (Å²) in [4.78, 5) is 26.9. The van der Waals surface area contributed by atoms with Crippen molar-refractivity contribution in [1.82, 2.24) is 24.6 Å². The lowest BCUT2D eigenvalue weighted by molar-refractivity contribution is 0.252. The first kappa shape index (κ1) is 24.2. The summed E-state index contributed by atoms with van der Waals surface area (Å²) in [6.07, 6.45) is 2.46. The maximum Gasteiger partial charge on any atom is 0.277 e. The van der Waals surface area contributed by atoms with Crippen molar-refractivity contribution < 1.29 is 9.84 Å². The Hall–Kier alpha value is -3.40. The summed E-state index contributed by atoms with van der Waals surface area (Å²) in [5.41, 5.74) is 8.93. The fourth-order valence-corrected chi connectivity index (χ4v) is 3.65. The minimum Gasteiger partial charge on any atom is -0.493 e. The van der Waals surface area contributed by atoms with E-state index in [4.69, 9.17) is 15.5 Å². The predicted molar refractivity (Wildman–Crippen MR) is 130 cm³/mol. The number of aromatic nitrogens is 4. The van der Waals surface area contributed by atoms with Crippen LogP contribution in [0.15, 0.2) is 28.0 Å². The van der Waals surface area contributed by atoms with Crippen molar-refractivity contribution in [3.8, 4) is 17.1 Å². The van der Waals surface area contributed by atoms with Crippen molar-refractivity contribution in [2.24, 2.45) is 17.8 Å². The van der Waals surface area contributed by atoms with E-state index in [0.717, 1.165) is 25.0 Å². The van der Waals surface area contributed by atoms with Gasteiger partial charge >= 0.3 is 0 Å². The molecule has 0 amide bonds. The van der Waals surface area contributed by atoms with Gasteiger partial charge in [-0.1, -0.05) is 20.3 Å². The van der Waals surface area contributed by atoms with Crippen LogP contribution in [0.3, 0.4) is 0 Å². The molecule has 1 aromatic carbocycles. The number of benzene rings is 1. The van der Waals surface area contributed by atoms with Gasteiger partial charge in [-0.25, -0.2) is 9.98 Å². The van der Waals surface area contributed by atoms with Crippen LogP contribution >= 0.6 is 0 Å². The molecular formula is C23H33N7O3. The average molecular weight is 456 g/mol. The molecule has 33 heavy (non-hydrogen) atoms. The minimum atomic E-state index is -0.262. The number of aliphatic imine (C=N–C) groups is 1. The highest BCUT2D eigenvalue weighted by molar-refractivity contribution is 5.83. The van der Waals surface area contributed by atoms with Crippen LogP contribution in [0.5, 0.6) is 5.75 Å². The van der Waals surface area contributed by atoms with Crippen LogP contribution in [0.1, 0.15) is 39.3 Å². The molecule has 0 spiro atoms. The van der Waals surface area contributed by atoms with Crippen molar-refractivity contribution in [3.05, 3.63) is 34.2 Å². The van der Waals surface area contributed by atoms with Crippen molar-refractivity contribution in [2.45, 2.75) is 40.0 Å². The number of hydrogen-bond donors (Lipinski definition) is 3. The molecule has 4 N–H and O–H groups in total. The Labute approximate surface area is 193 Å². The van der Waals surface area contributed by atoms with Gasteiger partial charge in [0, 0.05) is 20.1 Å². The third-order valence-electron chi connectivity index (χ3n) is 5.25. The summed E-state index contributed by atoms with van der Waals surface area (Å²) in [5.74, 6) is 1.29. The van der Waals surface area contributed by atoms with E-state index < -0.39 is 0 Å². The van der Waals surface area contributed by atoms with Crippen molar-refractivity contribution in [2.75, 3.05) is 26.3 Å². The van der Waals surface area contributed by atoms with E-state index >= 15 is 0 Å². The maximum absolute atomic E-state index is 12.9. The number of ether oxygens (including phenoxy) is 1. The lowest BCUT2D eigenvalue weighted by atomic mass is 10.1. The molecule has 0 radical (unpaired) electrons. The van der Waals surface area contributed by atoms with E-state index in [1.54, 1.807) is 34.8 Å². The molecule has 0 aliphatic carbocycles. The van der Waals surface area contributed by atoms with E-state index in [0.29, 0.717) is 59.5 Å². The number of H-pyrrole nitrogens is 1. The number of hydrogen-bond acceptors (Lipinski definition) is 6. The Morgan fingerprint density at radius 3 is 2.76 bits per heavy atom. The highest BCUT2D eigenvalue weighted by Crippen LogP contribution is 2.32. The largest absolute Gasteiger partial charge is 0.493 e. The SMILES string of the molecule is CCCOc1ccc(N=C(N)N(CC)CCO)cc1-c1nc2c(CCC)nn(C)c2c(=O)[nH]1. The van der Waals surface area contributed by atoms with Crippen LogP contribution in [0.2, 0.25) is 0 Å². The van der Waals surface area contributed by atoms with Crippen molar-refractivity contribution >= 4 is 22.7 Å². The van der Waals surface area contributed by atoms with Gasteiger partial charge in [0.05, 0.1) is 30.2 Å². The number of aliphatic hydroxyl groups is 1. The summed E-state index contributed by atoms with van der Waals surface area (Å²) in [5, 5.41) is 13.7. The molecule has 0 aliphatic heterocycles. The molecule has 178 valence electrons. The molecular weight excluding hydrogens is 422 g/mol. The first-order chi connectivity index (χ1) is 15.9. The van der Waals surface area contributed by atoms with Gasteiger partial charge in [0.1, 0.15) is 17.1 Å². The predicted octanol–water partition coefficient (Wildman–Crippen LogP) is 2.33. The highest BCUT2D eigenvalue weighted by Gasteiger charge is 2.18. The number of nitrogens with two attached hydrogens (primary N) is 1. The third kappa shape index (κ3) is 5.33. The van der Waals surface area contributed by atoms with Crippen LogP contribution in [0.25, 0.3) is 22.4 Å². The third-order valence-corrected chi connectivity index (χ3v) is 5.25. The van der Waals surface area contributed by atoms with E-state index in [1.165, 1.54) is 0 Å². The highest BCUT2D eigenvalue weighted by atomic mass is 16.5. The monoisotopic (exact) mass is 455 g/mol. The molecule has 0 aliphatic rings. The molecule has 0 unspecified atom stereocenters. The van der Waals surface area contributed by atoms with Crippen LogP contribution in [0, 0.1) is 0 Å². The molecule has 0 fully saturated rings. The van der Waals surface area contributed by atoms with Crippen molar-refractivity contribution in [3.63, 3.8) is 0 Å². The zero-order chi connectivity index (χ0) is 24.0. The van der Waals surface area contributed by atoms with Gasteiger partial charge in [-0.2, -0.15) is 5.10 Å². The molecule has 2 aromatic heterocycles. The number of aryl methyl sites for hydroxylation is 2. The first-order valence-corrected chi connectivity index (χ1v) is 11.4. The van der Waals surface area contributed by atoms with Gasteiger partial charge in [-0.05, 0) is 38.0 Å². The number of aliphatic hydroxyl groups excluding tert-OH is 1. The van der Waals surface area contributed by atoms with E-state index in [-0.39, 0.29) is 12.2 Å². The van der Waals surface area contributed by atoms with Crippen LogP contribution in [-0.2, 0) is 13.5 Å². The lowest BCUT2D eigenvalue weighted by Crippen LogP contribution is -2.38. The summed E-state index contributed by atoms with van der Waals surface area (Å²) in [7, 11) is 1.75. The van der Waals surface area contributed by atoms with Crippen molar-refractivity contribution in [1.29, 1.82) is 0 Å². The van der Waals surface area contributed by atoms with E-state index in [1.807, 2.05) is 13.8 Å². The number of guanidine groups is 1. The average Bonchev–Trinajstić information content (AvgIpc) is 3.12. The van der Waals surface area contributed by atoms with Gasteiger partial charge in [-0.15, -0.1) is 0 Å². The number of aromatic amines is 1. The first-order valence-electron chi connectivity index (χ1n) is 11.4. The summed E-state index contributed by atoms with van der Waals surface area (Å²) >= 11 is 0. The molecule has 10 nitrogen and oxygen atoms in total. The van der Waals surface area contributed by atoms with Gasteiger partial charge in [0.25, 0.3) is 5.56 Å². The molecule has 3 rings (SSSR count). The second-order valence-corrected chi connectivity index (χ2v) is 7.73. The van der Waals surface area contributed by atoms with Gasteiger partial charge in [-0.3, -0.25) is 9.48 Å². The fraction of sp³-hybridized carbons (Fsp3) is 0.478. The van der Waals surface area contributed by atoms with E-state index in [9.17, 15) is 9.90 Å².